The molecule has 1 aromatic heterocycles. The lowest BCUT2D eigenvalue weighted by atomic mass is 10.2. The van der Waals surface area contributed by atoms with E-state index in [2.05, 4.69) is 10.3 Å². The summed E-state index contributed by atoms with van der Waals surface area (Å²) in [5.74, 6) is 0.302. The van der Waals surface area contributed by atoms with Crippen molar-refractivity contribution >= 4 is 29.3 Å². The second-order valence-corrected chi connectivity index (χ2v) is 3.84. The van der Waals surface area contributed by atoms with Gasteiger partial charge in [-0.2, -0.15) is 0 Å². The second kappa shape index (κ2) is 4.50. The Morgan fingerprint density at radius 1 is 1.59 bits per heavy atom. The molecular weight excluding hydrogens is 238 g/mol. The zero-order chi connectivity index (χ0) is 12.4. The Morgan fingerprint density at radius 2 is 2.35 bits per heavy atom. The normalized spacial score (nSPS) is 17.5. The van der Waals surface area contributed by atoms with Crippen LogP contribution >= 0.6 is 12.2 Å². The molecule has 1 amide bonds. The largest absolute Gasteiger partial charge is 0.481 e. The van der Waals surface area contributed by atoms with Crippen molar-refractivity contribution in [2.24, 2.45) is 0 Å². The van der Waals surface area contributed by atoms with E-state index in [9.17, 15) is 4.79 Å². The third kappa shape index (κ3) is 2.12. The number of thiocarbonyl (C=S) groups is 1. The van der Waals surface area contributed by atoms with Crippen LogP contribution < -0.4 is 10.1 Å². The molecule has 0 bridgehead atoms. The van der Waals surface area contributed by atoms with Crippen LogP contribution in [0.5, 0.6) is 5.88 Å². The molecule has 17 heavy (non-hydrogen) atoms. The quantitative estimate of drug-likeness (QED) is 0.620. The first-order chi connectivity index (χ1) is 8.13. The number of carbonyl (C=O) groups excluding carboxylic acids is 1. The fraction of sp³-hybridized carbons (Fsp3) is 0.182. The van der Waals surface area contributed by atoms with E-state index >= 15 is 0 Å². The fourth-order valence-electron chi connectivity index (χ4n) is 1.46. The molecule has 0 aromatic carbocycles. The summed E-state index contributed by atoms with van der Waals surface area (Å²) >= 11 is 4.98. The Kier molecular flexibility index (Phi) is 3.06. The molecule has 2 heterocycles. The first-order valence-electron chi connectivity index (χ1n) is 4.93. The molecule has 0 spiro atoms. The van der Waals surface area contributed by atoms with Crippen LogP contribution in [0.1, 0.15) is 5.56 Å². The highest BCUT2D eigenvalue weighted by Gasteiger charge is 2.27. The van der Waals surface area contributed by atoms with Crippen molar-refractivity contribution in [3.63, 3.8) is 0 Å². The lowest BCUT2D eigenvalue weighted by molar-refractivity contribution is -0.121. The molecule has 1 saturated heterocycles. The second-order valence-electron chi connectivity index (χ2n) is 3.45. The van der Waals surface area contributed by atoms with E-state index < -0.39 is 0 Å². The van der Waals surface area contributed by atoms with E-state index in [1.54, 1.807) is 25.4 Å². The number of carbonyl (C=O) groups is 1. The first kappa shape index (κ1) is 11.5. The van der Waals surface area contributed by atoms with Crippen molar-refractivity contribution in [1.82, 2.24) is 15.2 Å². The number of amides is 1. The summed E-state index contributed by atoms with van der Waals surface area (Å²) in [5.41, 5.74) is 1.15. The van der Waals surface area contributed by atoms with Crippen LogP contribution in [0.3, 0.4) is 0 Å². The summed E-state index contributed by atoms with van der Waals surface area (Å²) in [6.45, 7) is 0. The smallest absolute Gasteiger partial charge is 0.276 e. The molecule has 0 atom stereocenters. The van der Waals surface area contributed by atoms with E-state index in [0.29, 0.717) is 16.7 Å². The van der Waals surface area contributed by atoms with Gasteiger partial charge in [0.2, 0.25) is 5.88 Å². The standard InChI is InChI=1S/C11H11N3O2S/c1-14-10(15)8(13-11(14)17)6-7-4-3-5-12-9(7)16-2/h3-6H,1-2H3,(H,13,17)/b8-6+. The summed E-state index contributed by atoms with van der Waals surface area (Å²) < 4.78 is 5.10. The van der Waals surface area contributed by atoms with Crippen molar-refractivity contribution < 1.29 is 9.53 Å². The number of hydrogen-bond acceptors (Lipinski definition) is 4. The van der Waals surface area contributed by atoms with Gasteiger partial charge in [-0.3, -0.25) is 9.69 Å². The maximum atomic E-state index is 11.8. The van der Waals surface area contributed by atoms with Gasteiger partial charge in [0.1, 0.15) is 5.70 Å². The van der Waals surface area contributed by atoms with Gasteiger partial charge in [0.15, 0.2) is 5.11 Å². The molecular formula is C11H11N3O2S. The number of methoxy groups -OCH3 is 1. The summed E-state index contributed by atoms with van der Waals surface area (Å²) in [6, 6.07) is 3.59. The van der Waals surface area contributed by atoms with Crippen LogP contribution in [-0.2, 0) is 4.79 Å². The Labute approximate surface area is 104 Å². The monoisotopic (exact) mass is 249 g/mol. The van der Waals surface area contributed by atoms with Gasteiger partial charge in [-0.1, -0.05) is 0 Å². The highest BCUT2D eigenvalue weighted by atomic mass is 32.1. The number of hydrogen-bond donors (Lipinski definition) is 1. The lowest BCUT2D eigenvalue weighted by Crippen LogP contribution is -2.25. The molecule has 1 aromatic rings. The van der Waals surface area contributed by atoms with E-state index in [1.165, 1.54) is 12.0 Å². The highest BCUT2D eigenvalue weighted by molar-refractivity contribution is 7.80. The summed E-state index contributed by atoms with van der Waals surface area (Å²) in [7, 11) is 3.16. The van der Waals surface area contributed by atoms with Crippen molar-refractivity contribution in [3.8, 4) is 5.88 Å². The summed E-state index contributed by atoms with van der Waals surface area (Å²) in [4.78, 5) is 17.2. The van der Waals surface area contributed by atoms with E-state index in [0.717, 1.165) is 5.56 Å². The number of likely N-dealkylation sites (N-methyl/N-ethyl adjacent to an activating group) is 1. The van der Waals surface area contributed by atoms with Gasteiger partial charge in [-0.05, 0) is 30.4 Å². The fourth-order valence-corrected chi connectivity index (χ4v) is 1.66. The van der Waals surface area contributed by atoms with Crippen LogP contribution in [0, 0.1) is 0 Å². The minimum Gasteiger partial charge on any atom is -0.481 e. The van der Waals surface area contributed by atoms with Crippen LogP contribution in [0.4, 0.5) is 0 Å². The average molecular weight is 249 g/mol. The minimum atomic E-state index is -0.166. The number of ether oxygens (including phenoxy) is 1. The molecule has 0 aliphatic carbocycles. The summed E-state index contributed by atoms with van der Waals surface area (Å²) in [6.07, 6.45) is 3.30. The molecule has 0 unspecified atom stereocenters. The molecule has 6 heteroatoms. The Balaban J connectivity index is 2.37. The minimum absolute atomic E-state index is 0.166. The predicted octanol–water partition coefficient (Wildman–Crippen LogP) is 0.778. The van der Waals surface area contributed by atoms with Gasteiger partial charge in [0.25, 0.3) is 5.91 Å². The number of nitrogens with one attached hydrogen (secondary N) is 1. The molecule has 88 valence electrons. The van der Waals surface area contributed by atoms with Gasteiger partial charge in [-0.25, -0.2) is 4.98 Å². The van der Waals surface area contributed by atoms with Gasteiger partial charge in [0, 0.05) is 18.8 Å². The van der Waals surface area contributed by atoms with Crippen molar-refractivity contribution in [2.75, 3.05) is 14.2 Å². The van der Waals surface area contributed by atoms with Crippen molar-refractivity contribution in [1.29, 1.82) is 0 Å². The highest BCUT2D eigenvalue weighted by Crippen LogP contribution is 2.19. The first-order valence-corrected chi connectivity index (χ1v) is 5.34. The number of nitrogens with zero attached hydrogens (tertiary/aromatic N) is 2. The van der Waals surface area contributed by atoms with E-state index in [4.69, 9.17) is 17.0 Å². The molecule has 1 aliphatic rings. The number of pyridine rings is 1. The van der Waals surface area contributed by atoms with Gasteiger partial charge < -0.3 is 10.1 Å². The van der Waals surface area contributed by atoms with Crippen LogP contribution in [0.2, 0.25) is 0 Å². The molecule has 2 rings (SSSR count). The maximum Gasteiger partial charge on any atom is 0.276 e. The van der Waals surface area contributed by atoms with E-state index in [-0.39, 0.29) is 5.91 Å². The molecule has 5 nitrogen and oxygen atoms in total. The SMILES string of the molecule is COc1ncccc1/C=C1/NC(=S)N(C)C1=O. The zero-order valence-electron chi connectivity index (χ0n) is 9.43. The Hall–Kier alpha value is -1.95. The molecule has 0 radical (unpaired) electrons. The molecule has 1 aliphatic heterocycles. The number of aromatic nitrogens is 1. The molecule has 1 N–H and O–H groups in total. The Morgan fingerprint density at radius 3 is 2.94 bits per heavy atom. The van der Waals surface area contributed by atoms with Crippen molar-refractivity contribution in [3.05, 3.63) is 29.6 Å². The zero-order valence-corrected chi connectivity index (χ0v) is 10.2. The predicted molar refractivity (Wildman–Crippen MR) is 67.3 cm³/mol. The average Bonchev–Trinajstić information content (AvgIpc) is 2.58. The number of rotatable bonds is 2. The molecule has 0 saturated carbocycles. The third-order valence-corrected chi connectivity index (χ3v) is 2.75. The van der Waals surface area contributed by atoms with Crippen LogP contribution in [0.25, 0.3) is 6.08 Å². The maximum absolute atomic E-state index is 11.8. The molecule has 1 fully saturated rings. The van der Waals surface area contributed by atoms with Crippen LogP contribution in [0.15, 0.2) is 24.0 Å². The van der Waals surface area contributed by atoms with E-state index in [1.807, 2.05) is 6.07 Å². The Bertz CT molecular complexity index is 513. The van der Waals surface area contributed by atoms with Crippen LogP contribution in [-0.4, -0.2) is 35.1 Å². The van der Waals surface area contributed by atoms with Gasteiger partial charge >= 0.3 is 0 Å². The van der Waals surface area contributed by atoms with Crippen molar-refractivity contribution in [2.45, 2.75) is 0 Å². The summed E-state index contributed by atoms with van der Waals surface area (Å²) in [5, 5.41) is 3.23. The third-order valence-electron chi connectivity index (χ3n) is 2.38. The topological polar surface area (TPSA) is 54.5 Å². The van der Waals surface area contributed by atoms with Gasteiger partial charge in [-0.15, -0.1) is 0 Å². The lowest BCUT2D eigenvalue weighted by Gasteiger charge is -2.03. The van der Waals surface area contributed by atoms with Gasteiger partial charge in [0.05, 0.1) is 7.11 Å².